The fraction of sp³-hybridized carbons (Fsp3) is 0.562. The Bertz CT molecular complexity index is 425. The summed E-state index contributed by atoms with van der Waals surface area (Å²) in [7, 11) is 1.63. The third-order valence-electron chi connectivity index (χ3n) is 3.36. The van der Waals surface area contributed by atoms with Gasteiger partial charge in [-0.15, -0.1) is 0 Å². The Hall–Kier alpha value is -1.51. The summed E-state index contributed by atoms with van der Waals surface area (Å²) in [6.45, 7) is 8.87. The first-order chi connectivity index (χ1) is 8.89. The zero-order valence-corrected chi connectivity index (χ0v) is 12.6. The third-order valence-corrected chi connectivity index (χ3v) is 3.36. The summed E-state index contributed by atoms with van der Waals surface area (Å²) in [6, 6.07) is 7.68. The van der Waals surface area contributed by atoms with Crippen molar-refractivity contribution in [2.45, 2.75) is 39.5 Å². The summed E-state index contributed by atoms with van der Waals surface area (Å²) < 4.78 is 5.34. The van der Waals surface area contributed by atoms with Gasteiger partial charge in [0.25, 0.3) is 0 Å². The van der Waals surface area contributed by atoms with E-state index in [9.17, 15) is 4.79 Å². The Balaban J connectivity index is 2.81. The summed E-state index contributed by atoms with van der Waals surface area (Å²) >= 11 is 0. The first-order valence-electron chi connectivity index (χ1n) is 6.81. The Morgan fingerprint density at radius 3 is 2.53 bits per heavy atom. The Kier molecular flexibility index (Phi) is 5.40. The first-order valence-corrected chi connectivity index (χ1v) is 6.81. The maximum Gasteiger partial charge on any atom is 0.230 e. The van der Waals surface area contributed by atoms with Crippen LogP contribution in [0.2, 0.25) is 0 Å². The van der Waals surface area contributed by atoms with Crippen molar-refractivity contribution in [2.75, 3.05) is 13.7 Å². The minimum atomic E-state index is -0.594. The maximum atomic E-state index is 12.3. The van der Waals surface area contributed by atoms with Crippen molar-refractivity contribution < 1.29 is 9.53 Å². The van der Waals surface area contributed by atoms with Crippen LogP contribution in [0.25, 0.3) is 0 Å². The van der Waals surface area contributed by atoms with Crippen molar-refractivity contribution in [3.8, 4) is 5.75 Å². The lowest BCUT2D eigenvalue weighted by molar-refractivity contribution is -0.125. The summed E-state index contributed by atoms with van der Waals surface area (Å²) in [5.41, 5.74) is 0.323. The van der Waals surface area contributed by atoms with E-state index in [1.165, 1.54) is 0 Å². The minimum absolute atomic E-state index is 0.0395. The molecule has 3 heteroatoms. The van der Waals surface area contributed by atoms with E-state index < -0.39 is 5.41 Å². The van der Waals surface area contributed by atoms with E-state index in [4.69, 9.17) is 4.74 Å². The number of hydrogen-bond acceptors (Lipinski definition) is 2. The van der Waals surface area contributed by atoms with Gasteiger partial charge in [0.15, 0.2) is 0 Å². The smallest absolute Gasteiger partial charge is 0.230 e. The zero-order valence-electron chi connectivity index (χ0n) is 12.6. The average Bonchev–Trinajstić information content (AvgIpc) is 2.38. The summed E-state index contributed by atoms with van der Waals surface area (Å²) in [5.74, 6) is 1.39. The van der Waals surface area contributed by atoms with Gasteiger partial charge < -0.3 is 10.1 Å². The Morgan fingerprint density at radius 1 is 1.32 bits per heavy atom. The van der Waals surface area contributed by atoms with Crippen LogP contribution in [0.1, 0.15) is 39.7 Å². The van der Waals surface area contributed by atoms with Gasteiger partial charge in [0, 0.05) is 12.1 Å². The number of methoxy groups -OCH3 is 1. The molecule has 1 amide bonds. The molecular formula is C16H25NO2. The Morgan fingerprint density at radius 2 is 1.95 bits per heavy atom. The van der Waals surface area contributed by atoms with Crippen LogP contribution in [0.15, 0.2) is 24.3 Å². The number of carbonyl (C=O) groups excluding carboxylic acids is 1. The van der Waals surface area contributed by atoms with Gasteiger partial charge in [-0.25, -0.2) is 0 Å². The molecule has 19 heavy (non-hydrogen) atoms. The number of carbonyl (C=O) groups is 1. The number of nitrogens with one attached hydrogen (secondary N) is 1. The number of rotatable bonds is 6. The quantitative estimate of drug-likeness (QED) is 0.856. The van der Waals surface area contributed by atoms with Gasteiger partial charge >= 0.3 is 0 Å². The topological polar surface area (TPSA) is 38.3 Å². The predicted octanol–water partition coefficient (Wildman–Crippen LogP) is 3.14. The van der Waals surface area contributed by atoms with Crippen molar-refractivity contribution in [3.63, 3.8) is 0 Å². The standard InChI is InChI=1S/C16H25NO2/c1-12(2)10-11-17-15(18)16(3,4)13-8-6-7-9-14(13)19-5/h6-9,12H,10-11H2,1-5H3,(H,17,18). The second-order valence-electron chi connectivity index (χ2n) is 5.76. The largest absolute Gasteiger partial charge is 0.496 e. The molecule has 0 radical (unpaired) electrons. The lowest BCUT2D eigenvalue weighted by Gasteiger charge is -2.26. The number of hydrogen-bond donors (Lipinski definition) is 1. The van der Waals surface area contributed by atoms with Gasteiger partial charge in [-0.2, -0.15) is 0 Å². The molecule has 1 rings (SSSR count). The molecule has 0 bridgehead atoms. The van der Waals surface area contributed by atoms with Crippen LogP contribution in [0.5, 0.6) is 5.75 Å². The fourth-order valence-corrected chi connectivity index (χ4v) is 1.98. The molecule has 0 unspecified atom stereocenters. The van der Waals surface area contributed by atoms with E-state index in [1.54, 1.807) is 7.11 Å². The van der Waals surface area contributed by atoms with E-state index in [1.807, 2.05) is 38.1 Å². The van der Waals surface area contributed by atoms with E-state index >= 15 is 0 Å². The molecule has 0 aromatic heterocycles. The Labute approximate surface area is 116 Å². The van der Waals surface area contributed by atoms with Gasteiger partial charge in [0.05, 0.1) is 12.5 Å². The number of benzene rings is 1. The van der Waals surface area contributed by atoms with Crippen molar-refractivity contribution in [2.24, 2.45) is 5.92 Å². The SMILES string of the molecule is COc1ccccc1C(C)(C)C(=O)NCCC(C)C. The van der Waals surface area contributed by atoms with E-state index in [0.717, 1.165) is 24.3 Å². The van der Waals surface area contributed by atoms with E-state index in [-0.39, 0.29) is 5.91 Å². The number of para-hydroxylation sites is 1. The van der Waals surface area contributed by atoms with Gasteiger partial charge in [0.1, 0.15) is 5.75 Å². The summed E-state index contributed by atoms with van der Waals surface area (Å²) in [6.07, 6.45) is 0.994. The highest BCUT2D eigenvalue weighted by atomic mass is 16.5. The van der Waals surface area contributed by atoms with Crippen LogP contribution in [0.4, 0.5) is 0 Å². The average molecular weight is 263 g/mol. The molecule has 0 aliphatic carbocycles. The van der Waals surface area contributed by atoms with Crippen LogP contribution < -0.4 is 10.1 Å². The van der Waals surface area contributed by atoms with Gasteiger partial charge in [0.2, 0.25) is 5.91 Å². The van der Waals surface area contributed by atoms with Crippen LogP contribution in [-0.2, 0) is 10.2 Å². The molecule has 0 spiro atoms. The fourth-order valence-electron chi connectivity index (χ4n) is 1.98. The summed E-state index contributed by atoms with van der Waals surface area (Å²) in [5, 5.41) is 3.01. The third kappa shape index (κ3) is 3.98. The van der Waals surface area contributed by atoms with Gasteiger partial charge in [-0.1, -0.05) is 32.0 Å². The van der Waals surface area contributed by atoms with Crippen LogP contribution in [-0.4, -0.2) is 19.6 Å². The lowest BCUT2D eigenvalue weighted by atomic mass is 9.83. The van der Waals surface area contributed by atoms with E-state index in [0.29, 0.717) is 5.92 Å². The molecule has 1 aromatic carbocycles. The molecule has 0 heterocycles. The van der Waals surface area contributed by atoms with Crippen LogP contribution in [0, 0.1) is 5.92 Å². The van der Waals surface area contributed by atoms with E-state index in [2.05, 4.69) is 19.2 Å². The second-order valence-corrected chi connectivity index (χ2v) is 5.76. The highest BCUT2D eigenvalue weighted by Gasteiger charge is 2.32. The summed E-state index contributed by atoms with van der Waals surface area (Å²) in [4.78, 5) is 12.3. The van der Waals surface area contributed by atoms with Crippen molar-refractivity contribution >= 4 is 5.91 Å². The highest BCUT2D eigenvalue weighted by Crippen LogP contribution is 2.31. The van der Waals surface area contributed by atoms with Crippen LogP contribution >= 0.6 is 0 Å². The van der Waals surface area contributed by atoms with Gasteiger partial charge in [-0.3, -0.25) is 4.79 Å². The molecule has 106 valence electrons. The molecule has 0 aliphatic heterocycles. The zero-order chi connectivity index (χ0) is 14.5. The molecule has 0 saturated carbocycles. The first kappa shape index (κ1) is 15.5. The molecule has 1 aromatic rings. The van der Waals surface area contributed by atoms with Crippen molar-refractivity contribution in [1.29, 1.82) is 0 Å². The van der Waals surface area contributed by atoms with Crippen molar-refractivity contribution in [3.05, 3.63) is 29.8 Å². The minimum Gasteiger partial charge on any atom is -0.496 e. The highest BCUT2D eigenvalue weighted by molar-refractivity contribution is 5.88. The van der Waals surface area contributed by atoms with Gasteiger partial charge in [-0.05, 0) is 32.3 Å². The normalized spacial score (nSPS) is 11.5. The second kappa shape index (κ2) is 6.60. The molecule has 0 fully saturated rings. The van der Waals surface area contributed by atoms with Crippen LogP contribution in [0.3, 0.4) is 0 Å². The molecule has 0 atom stereocenters. The molecule has 1 N–H and O–H groups in total. The molecular weight excluding hydrogens is 238 g/mol. The monoisotopic (exact) mass is 263 g/mol. The number of ether oxygens (including phenoxy) is 1. The lowest BCUT2D eigenvalue weighted by Crippen LogP contribution is -2.40. The number of amides is 1. The maximum absolute atomic E-state index is 12.3. The molecule has 3 nitrogen and oxygen atoms in total. The molecule has 0 saturated heterocycles. The molecule has 0 aliphatic rings. The van der Waals surface area contributed by atoms with Crippen molar-refractivity contribution in [1.82, 2.24) is 5.32 Å². The predicted molar refractivity (Wildman–Crippen MR) is 78.5 cm³/mol.